The van der Waals surface area contributed by atoms with Crippen LogP contribution < -0.4 is 10.1 Å². The zero-order valence-electron chi connectivity index (χ0n) is 14.4. The Balaban J connectivity index is 1.55. The number of furan rings is 1. The van der Waals surface area contributed by atoms with Crippen LogP contribution in [0, 0.1) is 5.82 Å². The minimum absolute atomic E-state index is 0.0855. The van der Waals surface area contributed by atoms with E-state index < -0.39 is 18.7 Å². The number of rotatable bonds is 6. The van der Waals surface area contributed by atoms with E-state index in [0.717, 1.165) is 0 Å². The van der Waals surface area contributed by atoms with Crippen LogP contribution in [-0.2, 0) is 6.54 Å². The highest BCUT2D eigenvalue weighted by molar-refractivity contribution is 5.92. The highest BCUT2D eigenvalue weighted by Crippen LogP contribution is 2.23. The fraction of sp³-hybridized carbons (Fsp3) is 0.150. The molecule has 0 bridgehead atoms. The number of carbonyl (C=O) groups is 1. The Labute approximate surface area is 157 Å². The number of hydrogen-bond acceptors (Lipinski definition) is 3. The Hall–Kier alpha value is -3.29. The van der Waals surface area contributed by atoms with Crippen molar-refractivity contribution in [2.75, 3.05) is 6.61 Å². The van der Waals surface area contributed by atoms with E-state index in [2.05, 4.69) is 10.1 Å². The molecule has 1 N–H and O–H groups in total. The van der Waals surface area contributed by atoms with Gasteiger partial charge in [0.15, 0.2) is 12.4 Å². The second-order valence-electron chi connectivity index (χ2n) is 5.90. The SMILES string of the molecule is O=C(NCc1ccc(OCC(F)(F)F)cc1)c1ccc(-c2ccc(F)cc2)o1. The molecule has 0 saturated carbocycles. The van der Waals surface area contributed by atoms with Gasteiger partial charge in [-0.05, 0) is 54.1 Å². The average molecular weight is 393 g/mol. The summed E-state index contributed by atoms with van der Waals surface area (Å²) in [5.74, 6) is -0.225. The van der Waals surface area contributed by atoms with Crippen LogP contribution in [-0.4, -0.2) is 18.7 Å². The number of nitrogens with one attached hydrogen (secondary N) is 1. The second kappa shape index (κ2) is 8.16. The summed E-state index contributed by atoms with van der Waals surface area (Å²) >= 11 is 0. The van der Waals surface area contributed by atoms with Gasteiger partial charge >= 0.3 is 6.18 Å². The maximum absolute atomic E-state index is 13.0. The van der Waals surface area contributed by atoms with Crippen molar-refractivity contribution in [3.63, 3.8) is 0 Å². The molecule has 0 aliphatic carbocycles. The predicted octanol–water partition coefficient (Wildman–Crippen LogP) is 4.96. The minimum atomic E-state index is -4.40. The molecule has 8 heteroatoms. The average Bonchev–Trinajstić information content (AvgIpc) is 3.15. The zero-order valence-corrected chi connectivity index (χ0v) is 14.4. The molecule has 0 aliphatic heterocycles. The Kier molecular flexibility index (Phi) is 5.67. The first kappa shape index (κ1) is 19.5. The maximum Gasteiger partial charge on any atom is 0.422 e. The lowest BCUT2D eigenvalue weighted by atomic mass is 10.2. The van der Waals surface area contributed by atoms with Crippen molar-refractivity contribution in [1.29, 1.82) is 0 Å². The van der Waals surface area contributed by atoms with Gasteiger partial charge in [-0.25, -0.2) is 4.39 Å². The van der Waals surface area contributed by atoms with Gasteiger partial charge in [0.05, 0.1) is 0 Å². The van der Waals surface area contributed by atoms with Crippen molar-refractivity contribution in [1.82, 2.24) is 5.32 Å². The highest BCUT2D eigenvalue weighted by atomic mass is 19.4. The quantitative estimate of drug-likeness (QED) is 0.603. The van der Waals surface area contributed by atoms with E-state index in [4.69, 9.17) is 4.42 Å². The van der Waals surface area contributed by atoms with Crippen LogP contribution in [0.15, 0.2) is 65.1 Å². The topological polar surface area (TPSA) is 51.5 Å². The van der Waals surface area contributed by atoms with Crippen molar-refractivity contribution >= 4 is 5.91 Å². The number of amides is 1. The smallest absolute Gasteiger partial charge is 0.422 e. The second-order valence-corrected chi connectivity index (χ2v) is 5.90. The van der Waals surface area contributed by atoms with Crippen LogP contribution in [0.4, 0.5) is 17.6 Å². The lowest BCUT2D eigenvalue weighted by molar-refractivity contribution is -0.153. The van der Waals surface area contributed by atoms with Gasteiger partial charge in [0.2, 0.25) is 0 Å². The molecule has 1 heterocycles. The van der Waals surface area contributed by atoms with Gasteiger partial charge in [0.25, 0.3) is 5.91 Å². The van der Waals surface area contributed by atoms with E-state index in [1.54, 1.807) is 18.2 Å². The fourth-order valence-electron chi connectivity index (χ4n) is 2.37. The molecule has 3 aromatic rings. The van der Waals surface area contributed by atoms with E-state index in [-0.39, 0.29) is 23.9 Å². The summed E-state index contributed by atoms with van der Waals surface area (Å²) in [5.41, 5.74) is 1.31. The fourth-order valence-corrected chi connectivity index (χ4v) is 2.37. The van der Waals surface area contributed by atoms with Gasteiger partial charge in [0, 0.05) is 12.1 Å². The molecule has 0 atom stereocenters. The summed E-state index contributed by atoms with van der Waals surface area (Å²) in [4.78, 5) is 12.2. The molecule has 3 rings (SSSR count). The van der Waals surface area contributed by atoms with E-state index in [9.17, 15) is 22.4 Å². The summed E-state index contributed by atoms with van der Waals surface area (Å²) < 4.78 is 59.4. The van der Waals surface area contributed by atoms with Gasteiger partial charge < -0.3 is 14.5 Å². The van der Waals surface area contributed by atoms with Crippen molar-refractivity contribution in [2.45, 2.75) is 12.7 Å². The van der Waals surface area contributed by atoms with Gasteiger partial charge in [-0.3, -0.25) is 4.79 Å². The van der Waals surface area contributed by atoms with E-state index >= 15 is 0 Å². The summed E-state index contributed by atoms with van der Waals surface area (Å²) in [7, 11) is 0. The van der Waals surface area contributed by atoms with E-state index in [1.807, 2.05) is 0 Å². The van der Waals surface area contributed by atoms with Crippen molar-refractivity contribution in [3.8, 4) is 17.1 Å². The van der Waals surface area contributed by atoms with Crippen molar-refractivity contribution in [2.24, 2.45) is 0 Å². The molecule has 1 amide bonds. The van der Waals surface area contributed by atoms with Gasteiger partial charge in [-0.1, -0.05) is 12.1 Å². The summed E-state index contributed by atoms with van der Waals surface area (Å²) in [6.45, 7) is -1.21. The molecule has 146 valence electrons. The Bertz CT molecular complexity index is 931. The van der Waals surface area contributed by atoms with Gasteiger partial charge in [-0.2, -0.15) is 13.2 Å². The molecule has 0 saturated heterocycles. The Morgan fingerprint density at radius 3 is 2.29 bits per heavy atom. The van der Waals surface area contributed by atoms with Crippen LogP contribution in [0.5, 0.6) is 5.75 Å². The molecule has 2 aromatic carbocycles. The monoisotopic (exact) mass is 393 g/mol. The number of benzene rings is 2. The predicted molar refractivity (Wildman–Crippen MR) is 93.3 cm³/mol. The Morgan fingerprint density at radius 1 is 0.964 bits per heavy atom. The molecule has 0 radical (unpaired) electrons. The molecular weight excluding hydrogens is 378 g/mol. The number of hydrogen-bond donors (Lipinski definition) is 1. The van der Waals surface area contributed by atoms with Gasteiger partial charge in [0.1, 0.15) is 17.3 Å². The Morgan fingerprint density at radius 2 is 1.64 bits per heavy atom. The standard InChI is InChI=1S/C20H15F4NO3/c21-15-5-3-14(4-6-15)17-9-10-18(28-17)19(26)25-11-13-1-7-16(8-2-13)27-12-20(22,23)24/h1-10H,11-12H2,(H,25,26). The normalized spacial score (nSPS) is 11.3. The first-order valence-corrected chi connectivity index (χ1v) is 8.23. The molecular formula is C20H15F4NO3. The minimum Gasteiger partial charge on any atom is -0.484 e. The number of carbonyl (C=O) groups excluding carboxylic acids is 1. The maximum atomic E-state index is 13.0. The van der Waals surface area contributed by atoms with E-state index in [1.165, 1.54) is 42.5 Å². The molecule has 0 aliphatic rings. The van der Waals surface area contributed by atoms with Gasteiger partial charge in [-0.15, -0.1) is 0 Å². The lowest BCUT2D eigenvalue weighted by Crippen LogP contribution is -2.22. The molecule has 0 spiro atoms. The van der Waals surface area contributed by atoms with Crippen LogP contribution in [0.2, 0.25) is 0 Å². The van der Waals surface area contributed by atoms with Crippen molar-refractivity contribution < 1.29 is 31.5 Å². The molecule has 0 fully saturated rings. The number of halogens is 4. The number of ether oxygens (including phenoxy) is 1. The third-order valence-electron chi connectivity index (χ3n) is 3.74. The van der Waals surface area contributed by atoms with Crippen LogP contribution in [0.3, 0.4) is 0 Å². The zero-order chi connectivity index (χ0) is 20.1. The van der Waals surface area contributed by atoms with E-state index in [0.29, 0.717) is 16.9 Å². The molecule has 1 aromatic heterocycles. The van der Waals surface area contributed by atoms with Crippen molar-refractivity contribution in [3.05, 3.63) is 77.8 Å². The molecule has 0 unspecified atom stereocenters. The summed E-state index contributed by atoms with van der Waals surface area (Å²) in [6, 6.07) is 14.7. The molecule has 28 heavy (non-hydrogen) atoms. The third-order valence-corrected chi connectivity index (χ3v) is 3.74. The first-order chi connectivity index (χ1) is 13.3. The van der Waals surface area contributed by atoms with Crippen LogP contribution in [0.25, 0.3) is 11.3 Å². The lowest BCUT2D eigenvalue weighted by Gasteiger charge is -2.09. The summed E-state index contributed by atoms with van der Waals surface area (Å²) in [6.07, 6.45) is -4.40. The largest absolute Gasteiger partial charge is 0.484 e. The third kappa shape index (κ3) is 5.35. The summed E-state index contributed by atoms with van der Waals surface area (Å²) in [5, 5.41) is 2.65. The highest BCUT2D eigenvalue weighted by Gasteiger charge is 2.28. The molecule has 4 nitrogen and oxygen atoms in total. The first-order valence-electron chi connectivity index (χ1n) is 8.23. The van der Waals surface area contributed by atoms with Crippen LogP contribution in [0.1, 0.15) is 16.1 Å². The number of alkyl halides is 3. The van der Waals surface area contributed by atoms with Crippen LogP contribution >= 0.6 is 0 Å².